The quantitative estimate of drug-likeness (QED) is 0.879. The number of benzene rings is 1. The Bertz CT molecular complexity index is 603. The molecule has 1 heterocycles. The second kappa shape index (κ2) is 6.77. The average molecular weight is 376 g/mol. The van der Waals surface area contributed by atoms with Crippen molar-refractivity contribution in [3.8, 4) is 0 Å². The number of hydrogen-bond acceptors (Lipinski definition) is 3. The number of aliphatic hydroxyl groups excluding tert-OH is 1. The average Bonchev–Trinajstić information content (AvgIpc) is 2.41. The van der Waals surface area contributed by atoms with Gasteiger partial charge in [-0.2, -0.15) is 0 Å². The largest absolute Gasteiger partial charge is 0.388 e. The first-order valence-electron chi connectivity index (χ1n) is 7.16. The Morgan fingerprint density at radius 1 is 1.48 bits per heavy atom. The molecule has 1 aromatic carbocycles. The van der Waals surface area contributed by atoms with Crippen molar-refractivity contribution in [3.63, 3.8) is 0 Å². The standard InChI is InChI=1S/C15H22BrNO3S/c1-11-5-6-13(9-14(11)16)15(18)8-12-4-3-7-17(10-12)21(2,19)20/h5-6,9,12,15,18H,3-4,7-8,10H2,1-2H3. The molecular weight excluding hydrogens is 354 g/mol. The number of aliphatic hydroxyl groups is 1. The molecule has 0 amide bonds. The summed E-state index contributed by atoms with van der Waals surface area (Å²) in [7, 11) is -3.13. The first-order chi connectivity index (χ1) is 9.77. The van der Waals surface area contributed by atoms with Gasteiger partial charge in [0.1, 0.15) is 0 Å². The van der Waals surface area contributed by atoms with E-state index in [4.69, 9.17) is 0 Å². The van der Waals surface area contributed by atoms with E-state index in [1.165, 1.54) is 10.6 Å². The molecule has 1 saturated heterocycles. The van der Waals surface area contributed by atoms with Crippen molar-refractivity contribution in [2.45, 2.75) is 32.3 Å². The number of hydrogen-bond donors (Lipinski definition) is 1. The van der Waals surface area contributed by atoms with Gasteiger partial charge in [-0.3, -0.25) is 0 Å². The fourth-order valence-corrected chi connectivity index (χ4v) is 4.13. The molecule has 1 aliphatic heterocycles. The normalized spacial score (nSPS) is 22.2. The summed E-state index contributed by atoms with van der Waals surface area (Å²) >= 11 is 3.48. The van der Waals surface area contributed by atoms with Crippen LogP contribution in [0.4, 0.5) is 0 Å². The van der Waals surface area contributed by atoms with E-state index in [1.54, 1.807) is 0 Å². The minimum absolute atomic E-state index is 0.212. The minimum atomic E-state index is -3.13. The number of aryl methyl sites for hydroxylation is 1. The molecule has 1 aliphatic rings. The number of halogens is 1. The monoisotopic (exact) mass is 375 g/mol. The molecule has 6 heteroatoms. The van der Waals surface area contributed by atoms with Crippen molar-refractivity contribution in [1.29, 1.82) is 0 Å². The summed E-state index contributed by atoms with van der Waals surface area (Å²) in [5.74, 6) is 0.212. The maximum atomic E-state index is 11.6. The molecule has 0 radical (unpaired) electrons. The van der Waals surface area contributed by atoms with Gasteiger partial charge in [-0.05, 0) is 49.3 Å². The summed E-state index contributed by atoms with van der Waals surface area (Å²) in [4.78, 5) is 0. The molecule has 2 rings (SSSR count). The van der Waals surface area contributed by atoms with E-state index in [9.17, 15) is 13.5 Å². The number of piperidine rings is 1. The molecule has 0 aromatic heterocycles. The van der Waals surface area contributed by atoms with Crippen LogP contribution in [0.15, 0.2) is 22.7 Å². The van der Waals surface area contributed by atoms with Gasteiger partial charge in [0.25, 0.3) is 0 Å². The first-order valence-corrected chi connectivity index (χ1v) is 9.80. The van der Waals surface area contributed by atoms with E-state index in [0.717, 1.165) is 28.4 Å². The van der Waals surface area contributed by atoms with Crippen molar-refractivity contribution in [2.75, 3.05) is 19.3 Å². The lowest BCUT2D eigenvalue weighted by atomic mass is 9.91. The summed E-state index contributed by atoms with van der Waals surface area (Å²) in [5.41, 5.74) is 2.01. The lowest BCUT2D eigenvalue weighted by Crippen LogP contribution is -2.39. The molecule has 2 unspecified atom stereocenters. The summed E-state index contributed by atoms with van der Waals surface area (Å²) < 4.78 is 25.8. The van der Waals surface area contributed by atoms with Crippen LogP contribution in [0.5, 0.6) is 0 Å². The second-order valence-corrected chi connectivity index (χ2v) is 8.73. The molecular formula is C15H22BrNO3S. The molecule has 1 N–H and O–H groups in total. The van der Waals surface area contributed by atoms with Crippen LogP contribution in [-0.4, -0.2) is 37.2 Å². The van der Waals surface area contributed by atoms with Gasteiger partial charge in [0, 0.05) is 17.6 Å². The highest BCUT2D eigenvalue weighted by molar-refractivity contribution is 9.10. The third-order valence-electron chi connectivity index (χ3n) is 4.09. The highest BCUT2D eigenvalue weighted by Gasteiger charge is 2.27. The van der Waals surface area contributed by atoms with E-state index in [2.05, 4.69) is 15.9 Å². The van der Waals surface area contributed by atoms with Crippen LogP contribution < -0.4 is 0 Å². The van der Waals surface area contributed by atoms with Gasteiger partial charge < -0.3 is 5.11 Å². The van der Waals surface area contributed by atoms with Crippen molar-refractivity contribution < 1.29 is 13.5 Å². The fourth-order valence-electron chi connectivity index (χ4n) is 2.79. The third kappa shape index (κ3) is 4.52. The second-order valence-electron chi connectivity index (χ2n) is 5.89. The predicted octanol–water partition coefficient (Wildman–Crippen LogP) is 2.85. The maximum Gasteiger partial charge on any atom is 0.211 e. The first kappa shape index (κ1) is 16.9. The Morgan fingerprint density at radius 3 is 2.81 bits per heavy atom. The lowest BCUT2D eigenvalue weighted by molar-refractivity contribution is 0.123. The van der Waals surface area contributed by atoms with E-state index < -0.39 is 16.1 Å². The Balaban J connectivity index is 2.02. The third-order valence-corrected chi connectivity index (χ3v) is 6.21. The highest BCUT2D eigenvalue weighted by atomic mass is 79.9. The molecule has 0 bridgehead atoms. The van der Waals surface area contributed by atoms with E-state index >= 15 is 0 Å². The van der Waals surface area contributed by atoms with Gasteiger partial charge in [-0.1, -0.05) is 28.1 Å². The Kier molecular flexibility index (Phi) is 5.46. The number of rotatable bonds is 4. The molecule has 118 valence electrons. The van der Waals surface area contributed by atoms with Crippen LogP contribution >= 0.6 is 15.9 Å². The lowest BCUT2D eigenvalue weighted by Gasteiger charge is -2.32. The zero-order valence-electron chi connectivity index (χ0n) is 12.4. The highest BCUT2D eigenvalue weighted by Crippen LogP contribution is 2.30. The minimum Gasteiger partial charge on any atom is -0.388 e. The smallest absolute Gasteiger partial charge is 0.211 e. The Morgan fingerprint density at radius 2 is 2.19 bits per heavy atom. The number of nitrogens with zero attached hydrogens (tertiary/aromatic N) is 1. The molecule has 0 spiro atoms. The zero-order valence-corrected chi connectivity index (χ0v) is 14.8. The molecule has 4 nitrogen and oxygen atoms in total. The maximum absolute atomic E-state index is 11.6. The van der Waals surface area contributed by atoms with Crippen LogP contribution in [0.25, 0.3) is 0 Å². The van der Waals surface area contributed by atoms with E-state index in [1.807, 2.05) is 25.1 Å². The molecule has 0 aliphatic carbocycles. The van der Waals surface area contributed by atoms with Crippen LogP contribution in [0.1, 0.15) is 36.5 Å². The molecule has 1 aromatic rings. The van der Waals surface area contributed by atoms with Gasteiger partial charge in [-0.15, -0.1) is 0 Å². The Hall–Kier alpha value is -0.430. The Labute approximate surface area is 135 Å². The van der Waals surface area contributed by atoms with Gasteiger partial charge in [0.05, 0.1) is 12.4 Å². The van der Waals surface area contributed by atoms with Crippen LogP contribution in [-0.2, 0) is 10.0 Å². The van der Waals surface area contributed by atoms with Crippen LogP contribution in [0.2, 0.25) is 0 Å². The van der Waals surface area contributed by atoms with Crippen molar-refractivity contribution in [2.24, 2.45) is 5.92 Å². The molecule has 2 atom stereocenters. The van der Waals surface area contributed by atoms with Crippen LogP contribution in [0.3, 0.4) is 0 Å². The van der Waals surface area contributed by atoms with Gasteiger partial charge >= 0.3 is 0 Å². The van der Waals surface area contributed by atoms with E-state index in [-0.39, 0.29) is 5.92 Å². The molecule has 21 heavy (non-hydrogen) atoms. The summed E-state index contributed by atoms with van der Waals surface area (Å²) in [6.07, 6.45) is 3.13. The fraction of sp³-hybridized carbons (Fsp3) is 0.600. The molecule has 1 fully saturated rings. The summed E-state index contributed by atoms with van der Waals surface area (Å²) in [5, 5.41) is 10.4. The van der Waals surface area contributed by atoms with Crippen molar-refractivity contribution in [3.05, 3.63) is 33.8 Å². The molecule has 0 saturated carbocycles. The number of sulfonamides is 1. The van der Waals surface area contributed by atoms with Gasteiger partial charge in [-0.25, -0.2) is 12.7 Å². The summed E-state index contributed by atoms with van der Waals surface area (Å²) in [6, 6.07) is 5.85. The van der Waals surface area contributed by atoms with Gasteiger partial charge in [0.2, 0.25) is 10.0 Å². The predicted molar refractivity (Wildman–Crippen MR) is 87.6 cm³/mol. The SMILES string of the molecule is Cc1ccc(C(O)CC2CCCN(S(C)(=O)=O)C2)cc1Br. The van der Waals surface area contributed by atoms with E-state index in [0.29, 0.717) is 19.5 Å². The van der Waals surface area contributed by atoms with Gasteiger partial charge in [0.15, 0.2) is 0 Å². The topological polar surface area (TPSA) is 57.6 Å². The summed E-state index contributed by atoms with van der Waals surface area (Å²) in [6.45, 7) is 3.12. The van der Waals surface area contributed by atoms with Crippen molar-refractivity contribution >= 4 is 26.0 Å². The van der Waals surface area contributed by atoms with Crippen molar-refractivity contribution in [1.82, 2.24) is 4.31 Å². The zero-order chi connectivity index (χ0) is 15.6. The van der Waals surface area contributed by atoms with Crippen LogP contribution in [0, 0.1) is 12.8 Å².